The van der Waals surface area contributed by atoms with Gasteiger partial charge in [-0.25, -0.2) is 8.78 Å². The Kier molecular flexibility index (Phi) is 3.74. The SMILES string of the molecule is NCC[C@@H](O)C(F)(F)C(F)F. The molecule has 0 radical (unpaired) electrons. The number of rotatable bonds is 4. The molecule has 0 amide bonds. The Hall–Kier alpha value is -0.360. The number of alkyl halides is 4. The van der Waals surface area contributed by atoms with Gasteiger partial charge >= 0.3 is 12.3 Å². The summed E-state index contributed by atoms with van der Waals surface area (Å²) in [4.78, 5) is 0. The largest absolute Gasteiger partial charge is 0.387 e. The van der Waals surface area contributed by atoms with Crippen LogP contribution >= 0.6 is 0 Å². The topological polar surface area (TPSA) is 46.2 Å². The maximum absolute atomic E-state index is 12.1. The lowest BCUT2D eigenvalue weighted by atomic mass is 10.1. The number of hydrogen-bond acceptors (Lipinski definition) is 2. The molecule has 0 aliphatic rings. The lowest BCUT2D eigenvalue weighted by Crippen LogP contribution is -2.41. The van der Waals surface area contributed by atoms with Crippen LogP contribution in [0.5, 0.6) is 0 Å². The first kappa shape index (κ1) is 10.6. The highest BCUT2D eigenvalue weighted by Crippen LogP contribution is 2.27. The van der Waals surface area contributed by atoms with Gasteiger partial charge in [-0.3, -0.25) is 0 Å². The van der Waals surface area contributed by atoms with Crippen LogP contribution in [0.3, 0.4) is 0 Å². The Labute approximate surface area is 61.0 Å². The molecule has 0 rings (SSSR count). The van der Waals surface area contributed by atoms with E-state index < -0.39 is 24.9 Å². The summed E-state index contributed by atoms with van der Waals surface area (Å²) in [6, 6.07) is 0. The van der Waals surface area contributed by atoms with Crippen LogP contribution in [0.15, 0.2) is 0 Å². The summed E-state index contributed by atoms with van der Waals surface area (Å²) in [5.41, 5.74) is 4.79. The van der Waals surface area contributed by atoms with Crippen LogP contribution in [0.2, 0.25) is 0 Å². The Morgan fingerprint density at radius 1 is 1.36 bits per heavy atom. The number of aliphatic hydroxyl groups excluding tert-OH is 1. The van der Waals surface area contributed by atoms with E-state index in [-0.39, 0.29) is 6.54 Å². The maximum atomic E-state index is 12.1. The van der Waals surface area contributed by atoms with E-state index in [0.29, 0.717) is 0 Å². The summed E-state index contributed by atoms with van der Waals surface area (Å²) in [6.07, 6.45) is -6.73. The van der Waals surface area contributed by atoms with E-state index in [1.165, 1.54) is 0 Å². The van der Waals surface area contributed by atoms with Gasteiger partial charge in [-0.2, -0.15) is 8.78 Å². The molecule has 6 heteroatoms. The first-order valence-corrected chi connectivity index (χ1v) is 2.97. The van der Waals surface area contributed by atoms with Crippen LogP contribution in [0.25, 0.3) is 0 Å². The second kappa shape index (κ2) is 3.87. The zero-order chi connectivity index (χ0) is 9.07. The van der Waals surface area contributed by atoms with Crippen LogP contribution in [0.4, 0.5) is 17.6 Å². The second-order valence-electron chi connectivity index (χ2n) is 2.07. The molecule has 0 spiro atoms. The van der Waals surface area contributed by atoms with E-state index in [2.05, 4.69) is 0 Å². The molecule has 0 aromatic rings. The summed E-state index contributed by atoms with van der Waals surface area (Å²) in [6.45, 7) is -0.247. The average molecular weight is 175 g/mol. The Morgan fingerprint density at radius 3 is 2.09 bits per heavy atom. The molecule has 0 saturated heterocycles. The minimum absolute atomic E-state index is 0.247. The molecule has 3 N–H and O–H groups in total. The predicted molar refractivity (Wildman–Crippen MR) is 30.6 cm³/mol. The van der Waals surface area contributed by atoms with Crippen molar-refractivity contribution in [1.82, 2.24) is 0 Å². The predicted octanol–water partition coefficient (Wildman–Crippen LogP) is 0.597. The van der Waals surface area contributed by atoms with E-state index >= 15 is 0 Å². The van der Waals surface area contributed by atoms with Gasteiger partial charge in [0.05, 0.1) is 0 Å². The molecule has 0 fully saturated rings. The minimum Gasteiger partial charge on any atom is -0.387 e. The standard InChI is InChI=1S/C5H9F4NO/c6-4(7)5(8,9)3(11)1-2-10/h3-4,11H,1-2,10H2/t3-/m1/s1. The molecule has 1 atom stereocenters. The van der Waals surface area contributed by atoms with Crippen LogP contribution in [-0.4, -0.2) is 30.1 Å². The molecule has 0 aliphatic heterocycles. The fourth-order valence-electron chi connectivity index (χ4n) is 0.496. The van der Waals surface area contributed by atoms with Crippen molar-refractivity contribution < 1.29 is 22.7 Å². The Bertz CT molecular complexity index is 119. The molecule has 68 valence electrons. The van der Waals surface area contributed by atoms with E-state index in [0.717, 1.165) is 0 Å². The zero-order valence-corrected chi connectivity index (χ0v) is 5.61. The van der Waals surface area contributed by atoms with Crippen molar-refractivity contribution in [3.05, 3.63) is 0 Å². The Morgan fingerprint density at radius 2 is 1.82 bits per heavy atom. The summed E-state index contributed by atoms with van der Waals surface area (Å²) < 4.78 is 47.0. The normalized spacial score (nSPS) is 15.5. The van der Waals surface area contributed by atoms with Gasteiger partial charge in [-0.1, -0.05) is 0 Å². The number of aliphatic hydroxyl groups is 1. The van der Waals surface area contributed by atoms with Gasteiger partial charge < -0.3 is 10.8 Å². The van der Waals surface area contributed by atoms with E-state index in [4.69, 9.17) is 10.8 Å². The minimum atomic E-state index is -4.35. The quantitative estimate of drug-likeness (QED) is 0.614. The molecule has 11 heavy (non-hydrogen) atoms. The van der Waals surface area contributed by atoms with Crippen molar-refractivity contribution in [1.29, 1.82) is 0 Å². The third-order valence-corrected chi connectivity index (χ3v) is 1.18. The molecular weight excluding hydrogens is 166 g/mol. The highest BCUT2D eigenvalue weighted by Gasteiger charge is 2.47. The van der Waals surface area contributed by atoms with E-state index in [1.54, 1.807) is 0 Å². The van der Waals surface area contributed by atoms with Gasteiger partial charge in [0, 0.05) is 0 Å². The third kappa shape index (κ3) is 2.63. The van der Waals surface area contributed by atoms with E-state index in [9.17, 15) is 17.6 Å². The molecule has 0 heterocycles. The van der Waals surface area contributed by atoms with Crippen molar-refractivity contribution in [2.45, 2.75) is 24.9 Å². The second-order valence-corrected chi connectivity index (χ2v) is 2.07. The first-order chi connectivity index (χ1) is 4.92. The molecular formula is C5H9F4NO. The lowest BCUT2D eigenvalue weighted by Gasteiger charge is -2.20. The van der Waals surface area contributed by atoms with Crippen molar-refractivity contribution >= 4 is 0 Å². The van der Waals surface area contributed by atoms with Crippen LogP contribution in [0.1, 0.15) is 6.42 Å². The highest BCUT2D eigenvalue weighted by molar-refractivity contribution is 4.78. The molecule has 0 aliphatic carbocycles. The average Bonchev–Trinajstić information content (AvgIpc) is 1.88. The summed E-state index contributed by atoms with van der Waals surface area (Å²) in [5, 5.41) is 8.44. The van der Waals surface area contributed by atoms with Crippen LogP contribution in [0, 0.1) is 0 Å². The van der Waals surface area contributed by atoms with Gasteiger partial charge in [-0.15, -0.1) is 0 Å². The third-order valence-electron chi connectivity index (χ3n) is 1.18. The molecule has 0 saturated carbocycles. The highest BCUT2D eigenvalue weighted by atomic mass is 19.3. The fraction of sp³-hybridized carbons (Fsp3) is 1.00. The van der Waals surface area contributed by atoms with Gasteiger partial charge in [0.2, 0.25) is 0 Å². The number of nitrogens with two attached hydrogens (primary N) is 1. The molecule has 0 unspecified atom stereocenters. The van der Waals surface area contributed by atoms with Crippen molar-refractivity contribution in [2.75, 3.05) is 6.54 Å². The van der Waals surface area contributed by atoms with Crippen molar-refractivity contribution in [3.8, 4) is 0 Å². The first-order valence-electron chi connectivity index (χ1n) is 2.97. The summed E-state index contributed by atoms with van der Waals surface area (Å²) in [7, 11) is 0. The monoisotopic (exact) mass is 175 g/mol. The van der Waals surface area contributed by atoms with Gasteiger partial charge in [0.1, 0.15) is 6.10 Å². The zero-order valence-electron chi connectivity index (χ0n) is 5.61. The smallest absolute Gasteiger partial charge is 0.332 e. The Balaban J connectivity index is 4.05. The molecule has 0 aromatic carbocycles. The molecule has 0 bridgehead atoms. The number of hydrogen-bond donors (Lipinski definition) is 2. The molecule has 0 aromatic heterocycles. The van der Waals surface area contributed by atoms with Crippen LogP contribution in [-0.2, 0) is 0 Å². The van der Waals surface area contributed by atoms with Crippen molar-refractivity contribution in [3.63, 3.8) is 0 Å². The summed E-state index contributed by atoms with van der Waals surface area (Å²) in [5.74, 6) is -4.35. The lowest BCUT2D eigenvalue weighted by molar-refractivity contribution is -0.192. The van der Waals surface area contributed by atoms with Gasteiger partial charge in [0.25, 0.3) is 0 Å². The van der Waals surface area contributed by atoms with Crippen molar-refractivity contribution in [2.24, 2.45) is 5.73 Å². The summed E-state index contributed by atoms with van der Waals surface area (Å²) >= 11 is 0. The fourth-order valence-corrected chi connectivity index (χ4v) is 0.496. The number of halogens is 4. The van der Waals surface area contributed by atoms with Gasteiger partial charge in [0.15, 0.2) is 0 Å². The van der Waals surface area contributed by atoms with Gasteiger partial charge in [-0.05, 0) is 13.0 Å². The molecule has 2 nitrogen and oxygen atoms in total. The van der Waals surface area contributed by atoms with Crippen LogP contribution < -0.4 is 5.73 Å². The maximum Gasteiger partial charge on any atom is 0.332 e. The van der Waals surface area contributed by atoms with E-state index in [1.807, 2.05) is 0 Å².